The topological polar surface area (TPSA) is 0 Å². The molecule has 0 aromatic heterocycles. The summed E-state index contributed by atoms with van der Waals surface area (Å²) < 4.78 is 0. The molecule has 0 heterocycles. The number of hydrogen-bond acceptors (Lipinski definition) is 0. The SMILES string of the molecule is CC(CCC(C)(C)C)=C(C)CC(C)(C)C. The lowest BCUT2D eigenvalue weighted by molar-refractivity contribution is 0.374. The predicted molar refractivity (Wildman–Crippen MR) is 71.1 cm³/mol. The largest absolute Gasteiger partial charge is 0.0744 e. The van der Waals surface area contributed by atoms with E-state index in [0.717, 1.165) is 0 Å². The summed E-state index contributed by atoms with van der Waals surface area (Å²) >= 11 is 0. The van der Waals surface area contributed by atoms with Crippen molar-refractivity contribution >= 4 is 0 Å². The van der Waals surface area contributed by atoms with Gasteiger partial charge in [0.25, 0.3) is 0 Å². The van der Waals surface area contributed by atoms with Crippen LogP contribution in [0.4, 0.5) is 0 Å². The molecule has 0 aromatic rings. The molecule has 15 heavy (non-hydrogen) atoms. The van der Waals surface area contributed by atoms with Crippen molar-refractivity contribution in [3.63, 3.8) is 0 Å². The van der Waals surface area contributed by atoms with E-state index in [1.807, 2.05) is 0 Å². The molecule has 0 spiro atoms. The van der Waals surface area contributed by atoms with E-state index >= 15 is 0 Å². The van der Waals surface area contributed by atoms with Gasteiger partial charge in [0, 0.05) is 0 Å². The molecule has 0 amide bonds. The zero-order valence-electron chi connectivity index (χ0n) is 12.1. The van der Waals surface area contributed by atoms with Crippen molar-refractivity contribution in [2.45, 2.75) is 74.7 Å². The van der Waals surface area contributed by atoms with Crippen LogP contribution in [0.5, 0.6) is 0 Å². The lowest BCUT2D eigenvalue weighted by Gasteiger charge is -2.22. The lowest BCUT2D eigenvalue weighted by Crippen LogP contribution is -2.08. The average molecular weight is 210 g/mol. The van der Waals surface area contributed by atoms with Gasteiger partial charge in [-0.2, -0.15) is 0 Å². The maximum atomic E-state index is 2.32. The highest BCUT2D eigenvalue weighted by Crippen LogP contribution is 2.29. The second kappa shape index (κ2) is 5.18. The zero-order chi connectivity index (χ0) is 12.3. The van der Waals surface area contributed by atoms with Gasteiger partial charge in [-0.05, 0) is 43.9 Å². The fourth-order valence-electron chi connectivity index (χ4n) is 1.72. The summed E-state index contributed by atoms with van der Waals surface area (Å²) in [4.78, 5) is 0. The molecule has 0 fully saturated rings. The molecule has 0 heteroatoms. The minimum atomic E-state index is 0.424. The summed E-state index contributed by atoms with van der Waals surface area (Å²) in [7, 11) is 0. The molecule has 0 radical (unpaired) electrons. The molecule has 0 unspecified atom stereocenters. The molecule has 0 aliphatic heterocycles. The van der Waals surface area contributed by atoms with Crippen molar-refractivity contribution in [2.75, 3.05) is 0 Å². The molecule has 0 saturated carbocycles. The quantitative estimate of drug-likeness (QED) is 0.533. The van der Waals surface area contributed by atoms with E-state index in [0.29, 0.717) is 10.8 Å². The van der Waals surface area contributed by atoms with Gasteiger partial charge in [-0.15, -0.1) is 0 Å². The zero-order valence-corrected chi connectivity index (χ0v) is 12.1. The van der Waals surface area contributed by atoms with Crippen LogP contribution in [0.15, 0.2) is 11.1 Å². The van der Waals surface area contributed by atoms with Crippen molar-refractivity contribution in [2.24, 2.45) is 10.8 Å². The Balaban J connectivity index is 4.28. The van der Waals surface area contributed by atoms with Gasteiger partial charge < -0.3 is 0 Å². The third-order valence-electron chi connectivity index (χ3n) is 2.77. The Kier molecular flexibility index (Phi) is 5.09. The Bertz CT molecular complexity index is 217. The monoisotopic (exact) mass is 210 g/mol. The highest BCUT2D eigenvalue weighted by molar-refractivity contribution is 5.11. The van der Waals surface area contributed by atoms with Crippen LogP contribution in [0.2, 0.25) is 0 Å². The van der Waals surface area contributed by atoms with Crippen molar-refractivity contribution in [1.82, 2.24) is 0 Å². The Morgan fingerprint density at radius 1 is 0.733 bits per heavy atom. The standard InChI is InChI=1S/C15H30/c1-12(9-10-14(3,4)5)13(2)11-15(6,7)8/h9-11H2,1-8H3. The summed E-state index contributed by atoms with van der Waals surface area (Å²) in [5.41, 5.74) is 4.07. The van der Waals surface area contributed by atoms with Gasteiger partial charge in [-0.25, -0.2) is 0 Å². The first-order valence-electron chi connectivity index (χ1n) is 6.16. The van der Waals surface area contributed by atoms with E-state index in [1.54, 1.807) is 11.1 Å². The van der Waals surface area contributed by atoms with Crippen LogP contribution in [0, 0.1) is 10.8 Å². The number of rotatable bonds is 3. The maximum absolute atomic E-state index is 2.32. The maximum Gasteiger partial charge on any atom is -0.0271 e. The molecule has 0 bridgehead atoms. The first-order chi connectivity index (χ1) is 6.51. The smallest absolute Gasteiger partial charge is 0.0271 e. The van der Waals surface area contributed by atoms with Crippen molar-refractivity contribution in [3.8, 4) is 0 Å². The molecule has 0 aliphatic rings. The molecule has 0 aliphatic carbocycles. The highest BCUT2D eigenvalue weighted by Gasteiger charge is 2.14. The van der Waals surface area contributed by atoms with Crippen LogP contribution < -0.4 is 0 Å². The fourth-order valence-corrected chi connectivity index (χ4v) is 1.72. The van der Waals surface area contributed by atoms with Gasteiger partial charge in [-0.1, -0.05) is 52.7 Å². The molecule has 0 aromatic carbocycles. The van der Waals surface area contributed by atoms with E-state index in [4.69, 9.17) is 0 Å². The Labute approximate surface area is 97.2 Å². The first-order valence-corrected chi connectivity index (χ1v) is 6.16. The third kappa shape index (κ3) is 8.72. The van der Waals surface area contributed by atoms with Crippen LogP contribution in [-0.2, 0) is 0 Å². The molecule has 0 nitrogen and oxygen atoms in total. The van der Waals surface area contributed by atoms with Gasteiger partial charge >= 0.3 is 0 Å². The summed E-state index contributed by atoms with van der Waals surface area (Å²) in [5.74, 6) is 0. The second-order valence-corrected chi connectivity index (χ2v) is 7.36. The molecule has 0 saturated heterocycles. The summed E-state index contributed by atoms with van der Waals surface area (Å²) in [5, 5.41) is 0. The van der Waals surface area contributed by atoms with Gasteiger partial charge in [0.15, 0.2) is 0 Å². The molecular weight excluding hydrogens is 180 g/mol. The molecule has 0 atom stereocenters. The van der Waals surface area contributed by atoms with Crippen LogP contribution in [0.1, 0.15) is 74.7 Å². The second-order valence-electron chi connectivity index (χ2n) is 7.36. The minimum absolute atomic E-state index is 0.424. The predicted octanol–water partition coefficient (Wildman–Crippen LogP) is 5.59. The summed E-state index contributed by atoms with van der Waals surface area (Å²) in [6.45, 7) is 18.5. The van der Waals surface area contributed by atoms with Crippen LogP contribution >= 0.6 is 0 Å². The van der Waals surface area contributed by atoms with Gasteiger partial charge in [-0.3, -0.25) is 0 Å². The van der Waals surface area contributed by atoms with Gasteiger partial charge in [0.1, 0.15) is 0 Å². The molecule has 90 valence electrons. The van der Waals surface area contributed by atoms with Crippen LogP contribution in [0.25, 0.3) is 0 Å². The van der Waals surface area contributed by atoms with Crippen molar-refractivity contribution < 1.29 is 0 Å². The summed E-state index contributed by atoms with van der Waals surface area (Å²) in [6, 6.07) is 0. The molecule has 0 rings (SSSR count). The third-order valence-corrected chi connectivity index (χ3v) is 2.77. The van der Waals surface area contributed by atoms with E-state index in [-0.39, 0.29) is 0 Å². The van der Waals surface area contributed by atoms with Gasteiger partial charge in [0.05, 0.1) is 0 Å². The van der Waals surface area contributed by atoms with E-state index in [9.17, 15) is 0 Å². The normalized spacial score (nSPS) is 15.2. The Hall–Kier alpha value is -0.260. The molecule has 0 N–H and O–H groups in total. The minimum Gasteiger partial charge on any atom is -0.0744 e. The van der Waals surface area contributed by atoms with E-state index in [2.05, 4.69) is 55.4 Å². The van der Waals surface area contributed by atoms with Crippen molar-refractivity contribution in [3.05, 3.63) is 11.1 Å². The number of hydrogen-bond donors (Lipinski definition) is 0. The average Bonchev–Trinajstić information content (AvgIpc) is 1.95. The first kappa shape index (κ1) is 14.7. The summed E-state index contributed by atoms with van der Waals surface area (Å²) in [6.07, 6.45) is 3.77. The van der Waals surface area contributed by atoms with Gasteiger partial charge in [0.2, 0.25) is 0 Å². The van der Waals surface area contributed by atoms with E-state index in [1.165, 1.54) is 19.3 Å². The lowest BCUT2D eigenvalue weighted by atomic mass is 9.84. The highest BCUT2D eigenvalue weighted by atomic mass is 14.2. The molecular formula is C15H30. The number of allylic oxidation sites excluding steroid dienone is 2. The van der Waals surface area contributed by atoms with Crippen LogP contribution in [-0.4, -0.2) is 0 Å². The van der Waals surface area contributed by atoms with Crippen molar-refractivity contribution in [1.29, 1.82) is 0 Å². The Morgan fingerprint density at radius 3 is 1.53 bits per heavy atom. The fraction of sp³-hybridized carbons (Fsp3) is 0.867. The Morgan fingerprint density at radius 2 is 1.20 bits per heavy atom. The van der Waals surface area contributed by atoms with Crippen LogP contribution in [0.3, 0.4) is 0 Å². The van der Waals surface area contributed by atoms with E-state index < -0.39 is 0 Å².